The lowest BCUT2D eigenvalue weighted by Crippen LogP contribution is -2.42. The lowest BCUT2D eigenvalue weighted by molar-refractivity contribution is -0.384. The Labute approximate surface area is 286 Å². The molecule has 11 nitrogen and oxygen atoms in total. The number of hydrogen-bond acceptors (Lipinski definition) is 9. The number of nitrogens with zero attached hydrogens (tertiary/aromatic N) is 2. The molecule has 3 heterocycles. The van der Waals surface area contributed by atoms with E-state index in [9.17, 15) is 29.3 Å². The second kappa shape index (κ2) is 11.6. The minimum atomic E-state index is -0.567. The Hall–Kier alpha value is -4.46. The first kappa shape index (κ1) is 30.8. The number of fused-ring (bicyclic) bond motifs is 9. The number of carbonyl (C=O) groups excluding carboxylic acids is 3. The number of hydrogen-bond donors (Lipinski definition) is 2. The van der Waals surface area contributed by atoms with Crippen molar-refractivity contribution in [1.82, 2.24) is 4.98 Å². The SMILES string of the molecule is Cc1ccc(NC(=O)COc2ccc(Cl)cc2[C@H]2c3sc(=O)[nH]c3SC3C4CC(C5C(=O)N(c6ccc([N+](=O)[O-])cc6)C(=O)C45)C32)cc1. The third-order valence-electron chi connectivity index (χ3n) is 10.0. The standard InChI is InChI=1S/C34H27ClN4O7S2/c1-15-2-5-17(6-3-15)36-24(40)14-46-23-11-4-16(35)12-20(23)25-26-21-13-22(29(26)47-31-30(25)48-34(43)37-31)28-27(21)32(41)38(33(28)42)18-7-9-19(10-8-18)39(44)45/h2-12,21-22,25-29H,13-14H2,1H3,(H,36,40)(H,37,43)/t21?,22?,25-,26?,27?,28?,29?/m1/s1. The average Bonchev–Trinajstić information content (AvgIpc) is 3.80. The van der Waals surface area contributed by atoms with Gasteiger partial charge in [-0.05, 0) is 73.6 Å². The van der Waals surface area contributed by atoms with E-state index in [-0.39, 0.29) is 63.8 Å². The summed E-state index contributed by atoms with van der Waals surface area (Å²) in [5, 5.41) is 15.2. The van der Waals surface area contributed by atoms with Crippen LogP contribution >= 0.6 is 34.7 Å². The van der Waals surface area contributed by atoms with Crippen molar-refractivity contribution in [3.05, 3.63) is 108 Å². The fourth-order valence-corrected chi connectivity index (χ4v) is 11.3. The number of non-ortho nitro benzene ring substituents is 1. The molecule has 2 aliphatic carbocycles. The van der Waals surface area contributed by atoms with Crippen molar-refractivity contribution in [2.24, 2.45) is 29.6 Å². The number of ether oxygens (including phenoxy) is 1. The van der Waals surface area contributed by atoms with Crippen LogP contribution in [0.15, 0.2) is 76.6 Å². The van der Waals surface area contributed by atoms with E-state index in [2.05, 4.69) is 10.3 Å². The highest BCUT2D eigenvalue weighted by Gasteiger charge is 2.70. The van der Waals surface area contributed by atoms with Gasteiger partial charge in [0.2, 0.25) is 11.8 Å². The van der Waals surface area contributed by atoms with Gasteiger partial charge in [0.15, 0.2) is 6.61 Å². The van der Waals surface area contributed by atoms with Crippen LogP contribution in [0.25, 0.3) is 0 Å². The van der Waals surface area contributed by atoms with Gasteiger partial charge < -0.3 is 15.0 Å². The van der Waals surface area contributed by atoms with Crippen molar-refractivity contribution in [3.63, 3.8) is 0 Å². The smallest absolute Gasteiger partial charge is 0.305 e. The van der Waals surface area contributed by atoms with E-state index in [4.69, 9.17) is 16.3 Å². The van der Waals surface area contributed by atoms with Crippen molar-refractivity contribution in [3.8, 4) is 5.75 Å². The molecule has 0 radical (unpaired) electrons. The molecule has 1 saturated heterocycles. The molecule has 1 aromatic heterocycles. The summed E-state index contributed by atoms with van der Waals surface area (Å²) in [5.41, 5.74) is 2.62. The van der Waals surface area contributed by atoms with Crippen LogP contribution in [0, 0.1) is 46.6 Å². The predicted molar refractivity (Wildman–Crippen MR) is 181 cm³/mol. The Morgan fingerprint density at radius 3 is 2.46 bits per heavy atom. The Bertz CT molecular complexity index is 2060. The summed E-state index contributed by atoms with van der Waals surface area (Å²) in [6.07, 6.45) is 0.675. The quantitative estimate of drug-likeness (QED) is 0.135. The van der Waals surface area contributed by atoms with Crippen LogP contribution in [0.4, 0.5) is 17.1 Å². The highest BCUT2D eigenvalue weighted by atomic mass is 35.5. The fourth-order valence-electron chi connectivity index (χ4n) is 8.21. The maximum Gasteiger partial charge on any atom is 0.305 e. The molecule has 2 bridgehead atoms. The van der Waals surface area contributed by atoms with E-state index in [1.54, 1.807) is 30.0 Å². The van der Waals surface area contributed by atoms with Crippen LogP contribution < -0.4 is 19.8 Å². The summed E-state index contributed by atoms with van der Waals surface area (Å²) in [6.45, 7) is 1.70. The number of aromatic nitrogens is 1. The van der Waals surface area contributed by atoms with Crippen LogP contribution in [0.5, 0.6) is 5.75 Å². The summed E-state index contributed by atoms with van der Waals surface area (Å²) >= 11 is 9.23. The fraction of sp³-hybridized carbons (Fsp3) is 0.294. The number of amides is 3. The number of anilines is 2. The van der Waals surface area contributed by atoms with Gasteiger partial charge in [0, 0.05) is 44.5 Å². The Balaban J connectivity index is 1.13. The number of thiazole rings is 1. The Kier molecular flexibility index (Phi) is 7.46. The number of halogens is 1. The van der Waals surface area contributed by atoms with Crippen molar-refractivity contribution in [2.75, 3.05) is 16.8 Å². The molecule has 3 fully saturated rings. The topological polar surface area (TPSA) is 152 Å². The lowest BCUT2D eigenvalue weighted by Gasteiger charge is -2.43. The number of aryl methyl sites for hydroxylation is 1. The van der Waals surface area contributed by atoms with Crippen molar-refractivity contribution >= 4 is 69.5 Å². The molecule has 2 saturated carbocycles. The lowest BCUT2D eigenvalue weighted by atomic mass is 9.68. The molecule has 48 heavy (non-hydrogen) atoms. The highest BCUT2D eigenvalue weighted by Crippen LogP contribution is 2.69. The largest absolute Gasteiger partial charge is 0.483 e. The molecule has 14 heteroatoms. The van der Waals surface area contributed by atoms with E-state index in [1.165, 1.54) is 29.2 Å². The normalized spacial score (nSPS) is 26.6. The van der Waals surface area contributed by atoms with Crippen LogP contribution in [0.3, 0.4) is 0 Å². The number of nitrogens with one attached hydrogen (secondary N) is 2. The van der Waals surface area contributed by atoms with Gasteiger partial charge in [-0.1, -0.05) is 40.6 Å². The minimum Gasteiger partial charge on any atom is -0.483 e. The maximum atomic E-state index is 14.1. The predicted octanol–water partition coefficient (Wildman–Crippen LogP) is 6.00. The van der Waals surface area contributed by atoms with E-state index in [0.29, 0.717) is 34.1 Å². The molecule has 7 atom stereocenters. The Morgan fingerprint density at radius 2 is 1.75 bits per heavy atom. The average molecular weight is 703 g/mol. The van der Waals surface area contributed by atoms with Crippen molar-refractivity contribution < 1.29 is 24.0 Å². The van der Waals surface area contributed by atoms with Crippen LogP contribution in [0.1, 0.15) is 28.3 Å². The molecule has 3 aromatic carbocycles. The van der Waals surface area contributed by atoms with E-state index in [1.807, 2.05) is 31.2 Å². The summed E-state index contributed by atoms with van der Waals surface area (Å²) < 4.78 is 6.14. The molecular weight excluding hydrogens is 676 g/mol. The van der Waals surface area contributed by atoms with Gasteiger partial charge in [-0.25, -0.2) is 0 Å². The number of thioether (sulfide) groups is 1. The first-order chi connectivity index (χ1) is 23.1. The molecule has 4 aliphatic rings. The van der Waals surface area contributed by atoms with Gasteiger partial charge in [0.05, 0.1) is 27.5 Å². The van der Waals surface area contributed by atoms with E-state index < -0.39 is 16.8 Å². The summed E-state index contributed by atoms with van der Waals surface area (Å²) in [4.78, 5) is 69.1. The first-order valence-electron chi connectivity index (χ1n) is 15.4. The van der Waals surface area contributed by atoms with Gasteiger partial charge in [-0.2, -0.15) is 0 Å². The van der Waals surface area contributed by atoms with Crippen LogP contribution in [0.2, 0.25) is 5.02 Å². The van der Waals surface area contributed by atoms with Crippen LogP contribution in [-0.2, 0) is 14.4 Å². The summed E-state index contributed by atoms with van der Waals surface area (Å²) in [5.74, 6) is -2.40. The second-order valence-corrected chi connectivity index (χ2v) is 15.3. The summed E-state index contributed by atoms with van der Waals surface area (Å²) in [7, 11) is 0. The van der Waals surface area contributed by atoms with Gasteiger partial charge >= 0.3 is 4.87 Å². The minimum absolute atomic E-state index is 0.0794. The number of benzene rings is 3. The van der Waals surface area contributed by atoms with Crippen molar-refractivity contribution in [2.45, 2.75) is 29.5 Å². The number of nitro benzene ring substituents is 1. The number of rotatable bonds is 7. The number of H-pyrrole nitrogens is 1. The number of aromatic amines is 1. The van der Waals surface area contributed by atoms with Gasteiger partial charge in [-0.3, -0.25) is 34.2 Å². The zero-order valence-electron chi connectivity index (χ0n) is 25.3. The number of imide groups is 1. The molecule has 4 aromatic rings. The molecule has 2 N–H and O–H groups in total. The van der Waals surface area contributed by atoms with Gasteiger partial charge in [-0.15, -0.1) is 11.8 Å². The molecule has 0 spiro atoms. The zero-order valence-corrected chi connectivity index (χ0v) is 27.6. The highest BCUT2D eigenvalue weighted by molar-refractivity contribution is 8.00. The number of carbonyl (C=O) groups is 3. The molecular formula is C34H27ClN4O7S2. The van der Waals surface area contributed by atoms with Crippen molar-refractivity contribution in [1.29, 1.82) is 0 Å². The summed E-state index contributed by atoms with van der Waals surface area (Å²) in [6, 6.07) is 18.1. The molecule has 2 aliphatic heterocycles. The molecule has 3 amide bonds. The molecule has 6 unspecified atom stereocenters. The van der Waals surface area contributed by atoms with E-state index >= 15 is 0 Å². The second-order valence-electron chi connectivity index (χ2n) is 12.6. The van der Waals surface area contributed by atoms with Crippen LogP contribution in [-0.4, -0.2) is 39.5 Å². The zero-order chi connectivity index (χ0) is 33.4. The van der Waals surface area contributed by atoms with Gasteiger partial charge in [0.25, 0.3) is 11.6 Å². The first-order valence-corrected chi connectivity index (χ1v) is 17.5. The van der Waals surface area contributed by atoms with E-state index in [0.717, 1.165) is 26.8 Å². The third kappa shape index (κ3) is 4.94. The van der Waals surface area contributed by atoms with Gasteiger partial charge in [0.1, 0.15) is 5.75 Å². The maximum absolute atomic E-state index is 14.1. The molecule has 244 valence electrons. The Morgan fingerprint density at radius 1 is 1.04 bits per heavy atom. The third-order valence-corrected chi connectivity index (χ3v) is 12.9. The number of nitro groups is 1. The molecule has 8 rings (SSSR count). The monoisotopic (exact) mass is 702 g/mol.